The summed E-state index contributed by atoms with van der Waals surface area (Å²) in [6, 6.07) is 85.8. The van der Waals surface area contributed by atoms with E-state index in [9.17, 15) is 0 Å². The van der Waals surface area contributed by atoms with Crippen molar-refractivity contribution in [2.75, 3.05) is 4.90 Å². The van der Waals surface area contributed by atoms with Crippen molar-refractivity contribution in [1.29, 1.82) is 0 Å². The molecule has 12 aromatic rings. The molecule has 286 valence electrons. The van der Waals surface area contributed by atoms with Gasteiger partial charge in [0.05, 0.1) is 22.1 Å². The largest absolute Gasteiger partial charge is 0.311 e. The zero-order valence-corrected chi connectivity index (χ0v) is 33.4. The molecule has 10 aromatic carbocycles. The van der Waals surface area contributed by atoms with E-state index in [-0.39, 0.29) is 0 Å². The molecular formula is C58H39N3. The number of nitrogens with zero attached hydrogens (tertiary/aromatic N) is 3. The molecule has 0 aliphatic rings. The van der Waals surface area contributed by atoms with Gasteiger partial charge in [0.15, 0.2) is 0 Å². The summed E-state index contributed by atoms with van der Waals surface area (Å²) >= 11 is 0. The second kappa shape index (κ2) is 14.3. The van der Waals surface area contributed by atoms with Gasteiger partial charge in [-0.15, -0.1) is 0 Å². The van der Waals surface area contributed by atoms with Crippen LogP contribution in [0.3, 0.4) is 0 Å². The van der Waals surface area contributed by atoms with Gasteiger partial charge in [0.2, 0.25) is 0 Å². The maximum atomic E-state index is 2.41. The molecule has 0 spiro atoms. The third-order valence-corrected chi connectivity index (χ3v) is 12.3. The maximum absolute atomic E-state index is 2.41. The lowest BCUT2D eigenvalue weighted by Gasteiger charge is -2.26. The first kappa shape index (κ1) is 34.9. The highest BCUT2D eigenvalue weighted by atomic mass is 15.1. The predicted molar refractivity (Wildman–Crippen MR) is 258 cm³/mol. The van der Waals surface area contributed by atoms with Crippen molar-refractivity contribution in [3.8, 4) is 33.6 Å². The van der Waals surface area contributed by atoms with Crippen LogP contribution in [0.1, 0.15) is 0 Å². The summed E-state index contributed by atoms with van der Waals surface area (Å²) < 4.78 is 4.79. The van der Waals surface area contributed by atoms with Crippen LogP contribution in [-0.4, -0.2) is 9.13 Å². The molecule has 0 atom stereocenters. The van der Waals surface area contributed by atoms with Crippen LogP contribution < -0.4 is 4.90 Å². The van der Waals surface area contributed by atoms with Crippen molar-refractivity contribution in [1.82, 2.24) is 9.13 Å². The first-order valence-corrected chi connectivity index (χ1v) is 20.9. The SMILES string of the molecule is c1ccc(-n2c3ccccc3c3cccc(-c4ccc(N(c5ccc(-c6cccc7ccccc67)cc5)c5ccc(-n6c7ccccc7c7ccccc76)cc5)cc4)c32)cc1. The lowest BCUT2D eigenvalue weighted by Crippen LogP contribution is -2.10. The van der Waals surface area contributed by atoms with Gasteiger partial charge >= 0.3 is 0 Å². The number of fused-ring (bicyclic) bond motifs is 7. The molecule has 0 saturated carbocycles. The van der Waals surface area contributed by atoms with Crippen LogP contribution >= 0.6 is 0 Å². The lowest BCUT2D eigenvalue weighted by atomic mass is 9.98. The predicted octanol–water partition coefficient (Wildman–Crippen LogP) is 15.8. The van der Waals surface area contributed by atoms with Crippen LogP contribution in [0.4, 0.5) is 17.1 Å². The van der Waals surface area contributed by atoms with Crippen molar-refractivity contribution in [3.63, 3.8) is 0 Å². The average molecular weight is 778 g/mol. The number of benzene rings is 10. The highest BCUT2D eigenvalue weighted by Crippen LogP contribution is 2.42. The Hall–Kier alpha value is -8.14. The molecule has 0 bridgehead atoms. The Balaban J connectivity index is 0.988. The Kier molecular flexibility index (Phi) is 8.17. The summed E-state index contributed by atoms with van der Waals surface area (Å²) in [5, 5.41) is 7.52. The molecule has 0 fully saturated rings. The van der Waals surface area contributed by atoms with Gasteiger partial charge in [-0.05, 0) is 106 Å². The van der Waals surface area contributed by atoms with E-state index in [0.29, 0.717) is 0 Å². The number of hydrogen-bond acceptors (Lipinski definition) is 1. The van der Waals surface area contributed by atoms with E-state index >= 15 is 0 Å². The van der Waals surface area contributed by atoms with E-state index in [0.717, 1.165) is 28.4 Å². The molecule has 61 heavy (non-hydrogen) atoms. The summed E-state index contributed by atoms with van der Waals surface area (Å²) in [4.78, 5) is 2.37. The first-order valence-electron chi connectivity index (χ1n) is 20.9. The zero-order chi connectivity index (χ0) is 40.3. The van der Waals surface area contributed by atoms with Crippen LogP contribution in [0.15, 0.2) is 237 Å². The van der Waals surface area contributed by atoms with Gasteiger partial charge < -0.3 is 14.0 Å². The van der Waals surface area contributed by atoms with E-state index in [1.165, 1.54) is 76.6 Å². The van der Waals surface area contributed by atoms with Crippen molar-refractivity contribution < 1.29 is 0 Å². The molecule has 0 aliphatic carbocycles. The van der Waals surface area contributed by atoms with Crippen LogP contribution in [0, 0.1) is 0 Å². The zero-order valence-electron chi connectivity index (χ0n) is 33.4. The maximum Gasteiger partial charge on any atom is 0.0619 e. The standard InChI is InChI=1S/C58H39N3/c1-2-16-43(17-3-1)61-57-27-11-8-21-53(57)54-24-13-23-50(58(54)61)42-30-34-45(35-31-42)59(44-32-28-41(29-33-44)49-22-12-15-40-14-4-5-18-48(40)49)46-36-38-47(39-37-46)60-55-25-9-6-19-51(55)52-20-7-10-26-56(52)60/h1-39H. The van der Waals surface area contributed by atoms with Crippen LogP contribution in [0.5, 0.6) is 0 Å². The first-order chi connectivity index (χ1) is 30.3. The Morgan fingerprint density at radius 2 is 0.672 bits per heavy atom. The highest BCUT2D eigenvalue weighted by molar-refractivity contribution is 6.14. The molecule has 2 heterocycles. The average Bonchev–Trinajstić information content (AvgIpc) is 3.86. The number of anilines is 3. The summed E-state index contributed by atoms with van der Waals surface area (Å²) in [5.74, 6) is 0. The monoisotopic (exact) mass is 777 g/mol. The topological polar surface area (TPSA) is 13.1 Å². The number of rotatable bonds is 7. The Morgan fingerprint density at radius 1 is 0.262 bits per heavy atom. The van der Waals surface area contributed by atoms with Gasteiger partial charge in [-0.1, -0.05) is 158 Å². The third kappa shape index (κ3) is 5.74. The molecule has 0 saturated heterocycles. The van der Waals surface area contributed by atoms with Crippen molar-refractivity contribution in [2.45, 2.75) is 0 Å². The lowest BCUT2D eigenvalue weighted by molar-refractivity contribution is 1.17. The molecule has 2 aromatic heterocycles. The number of hydrogen-bond donors (Lipinski definition) is 0. The molecular weight excluding hydrogens is 739 g/mol. The van der Waals surface area contributed by atoms with E-state index in [1.807, 2.05) is 0 Å². The van der Waals surface area contributed by atoms with Gasteiger partial charge in [0.1, 0.15) is 0 Å². The van der Waals surface area contributed by atoms with E-state index in [2.05, 4.69) is 251 Å². The number of aromatic nitrogens is 2. The van der Waals surface area contributed by atoms with E-state index < -0.39 is 0 Å². The Morgan fingerprint density at radius 3 is 1.30 bits per heavy atom. The van der Waals surface area contributed by atoms with Gasteiger partial charge in [-0.3, -0.25) is 0 Å². The van der Waals surface area contributed by atoms with Crippen molar-refractivity contribution in [3.05, 3.63) is 237 Å². The second-order valence-corrected chi connectivity index (χ2v) is 15.7. The molecule has 0 N–H and O–H groups in total. The van der Waals surface area contributed by atoms with Crippen molar-refractivity contribution in [2.24, 2.45) is 0 Å². The van der Waals surface area contributed by atoms with E-state index in [1.54, 1.807) is 0 Å². The molecule has 0 unspecified atom stereocenters. The van der Waals surface area contributed by atoms with Gasteiger partial charge in [-0.2, -0.15) is 0 Å². The Labute approximate surface area is 354 Å². The highest BCUT2D eigenvalue weighted by Gasteiger charge is 2.19. The Bertz CT molecular complexity index is 3500. The molecule has 0 amide bonds. The van der Waals surface area contributed by atoms with E-state index in [4.69, 9.17) is 0 Å². The van der Waals surface area contributed by atoms with Crippen LogP contribution in [0.25, 0.3) is 88.0 Å². The fourth-order valence-corrected chi connectivity index (χ4v) is 9.55. The normalized spacial score (nSPS) is 11.6. The smallest absolute Gasteiger partial charge is 0.0619 e. The van der Waals surface area contributed by atoms with Crippen LogP contribution in [0.2, 0.25) is 0 Å². The fourth-order valence-electron chi connectivity index (χ4n) is 9.55. The summed E-state index contributed by atoms with van der Waals surface area (Å²) in [7, 11) is 0. The minimum atomic E-state index is 1.08. The van der Waals surface area contributed by atoms with Crippen LogP contribution in [-0.2, 0) is 0 Å². The fraction of sp³-hybridized carbons (Fsp3) is 0. The summed E-state index contributed by atoms with van der Waals surface area (Å²) in [6.45, 7) is 0. The van der Waals surface area contributed by atoms with Gasteiger partial charge in [0, 0.05) is 55.5 Å². The third-order valence-electron chi connectivity index (χ3n) is 12.3. The second-order valence-electron chi connectivity index (χ2n) is 15.7. The van der Waals surface area contributed by atoms with Crippen molar-refractivity contribution >= 4 is 71.4 Å². The number of para-hydroxylation sites is 5. The molecule has 0 radical (unpaired) electrons. The van der Waals surface area contributed by atoms with Gasteiger partial charge in [0.25, 0.3) is 0 Å². The summed E-state index contributed by atoms with van der Waals surface area (Å²) in [6.07, 6.45) is 0. The van der Waals surface area contributed by atoms with Gasteiger partial charge in [-0.25, -0.2) is 0 Å². The molecule has 12 rings (SSSR count). The molecule has 3 nitrogen and oxygen atoms in total. The minimum Gasteiger partial charge on any atom is -0.311 e. The quantitative estimate of drug-likeness (QED) is 0.157. The minimum absolute atomic E-state index is 1.08. The summed E-state index contributed by atoms with van der Waals surface area (Å²) in [5.41, 5.74) is 15.2. The molecule has 0 aliphatic heterocycles. The molecule has 3 heteroatoms.